The number of rotatable bonds is 5. The van der Waals surface area contributed by atoms with Gasteiger partial charge in [-0.3, -0.25) is 5.41 Å². The van der Waals surface area contributed by atoms with Crippen LogP contribution in [0.4, 0.5) is 18.9 Å². The first-order valence-electron chi connectivity index (χ1n) is 5.71. The summed E-state index contributed by atoms with van der Waals surface area (Å²) in [6, 6.07) is 4.53. The van der Waals surface area contributed by atoms with E-state index in [1.165, 1.54) is 12.1 Å². The summed E-state index contributed by atoms with van der Waals surface area (Å²) in [5.74, 6) is -0.344. The second-order valence-corrected chi connectivity index (χ2v) is 4.49. The predicted octanol–water partition coefficient (Wildman–Crippen LogP) is 3.40. The third-order valence-corrected chi connectivity index (χ3v) is 2.78. The molecule has 0 radical (unpaired) electrons. The van der Waals surface area contributed by atoms with E-state index in [4.69, 9.17) is 22.7 Å². The fourth-order valence-corrected chi connectivity index (χ4v) is 2.09. The van der Waals surface area contributed by atoms with Crippen LogP contribution in [-0.4, -0.2) is 25.1 Å². The van der Waals surface area contributed by atoms with E-state index >= 15 is 0 Å². The van der Waals surface area contributed by atoms with Crippen LogP contribution in [-0.2, 0) is 0 Å². The van der Waals surface area contributed by atoms with Crippen molar-refractivity contribution in [3.8, 4) is 0 Å². The van der Waals surface area contributed by atoms with Gasteiger partial charge in [0.15, 0.2) is 0 Å². The molecule has 0 unspecified atom stereocenters. The lowest BCUT2D eigenvalue weighted by atomic mass is 10.1. The first-order chi connectivity index (χ1) is 8.76. The average molecular weight is 294 g/mol. The molecule has 1 aromatic rings. The van der Waals surface area contributed by atoms with Crippen molar-refractivity contribution in [1.29, 1.82) is 5.41 Å². The molecular weight excluding hydrogens is 279 g/mol. The zero-order valence-corrected chi connectivity index (χ0v) is 11.1. The number of amidine groups is 1. The van der Waals surface area contributed by atoms with Gasteiger partial charge >= 0.3 is 6.18 Å². The molecular formula is C12H15ClF3N3. The number of alkyl halides is 3. The van der Waals surface area contributed by atoms with Gasteiger partial charge in [0, 0.05) is 12.2 Å². The van der Waals surface area contributed by atoms with Gasteiger partial charge in [-0.1, -0.05) is 24.6 Å². The van der Waals surface area contributed by atoms with Crippen molar-refractivity contribution in [1.82, 2.24) is 0 Å². The zero-order chi connectivity index (χ0) is 14.6. The van der Waals surface area contributed by atoms with Crippen molar-refractivity contribution >= 4 is 23.1 Å². The van der Waals surface area contributed by atoms with Crippen molar-refractivity contribution in [2.75, 3.05) is 18.0 Å². The minimum absolute atomic E-state index is 0.141. The molecule has 0 saturated carbocycles. The fourth-order valence-electron chi connectivity index (χ4n) is 1.81. The van der Waals surface area contributed by atoms with E-state index in [0.29, 0.717) is 6.42 Å². The van der Waals surface area contributed by atoms with Crippen LogP contribution < -0.4 is 10.6 Å². The van der Waals surface area contributed by atoms with Crippen molar-refractivity contribution in [2.45, 2.75) is 19.5 Å². The molecule has 0 spiro atoms. The third kappa shape index (κ3) is 4.31. The molecule has 7 heteroatoms. The molecule has 3 N–H and O–H groups in total. The van der Waals surface area contributed by atoms with Crippen LogP contribution in [0.5, 0.6) is 0 Å². The van der Waals surface area contributed by atoms with E-state index in [-0.39, 0.29) is 28.7 Å². The molecule has 0 bridgehead atoms. The molecule has 106 valence electrons. The molecule has 1 aromatic carbocycles. The molecule has 19 heavy (non-hydrogen) atoms. The first-order valence-corrected chi connectivity index (χ1v) is 6.08. The molecule has 0 amide bonds. The van der Waals surface area contributed by atoms with Gasteiger partial charge in [-0.2, -0.15) is 13.2 Å². The maximum Gasteiger partial charge on any atom is 0.405 e. The van der Waals surface area contributed by atoms with Crippen LogP contribution in [0, 0.1) is 5.41 Å². The van der Waals surface area contributed by atoms with Crippen molar-refractivity contribution in [3.05, 3.63) is 28.8 Å². The van der Waals surface area contributed by atoms with Crippen LogP contribution >= 0.6 is 11.6 Å². The maximum atomic E-state index is 12.6. The Kier molecular flexibility index (Phi) is 5.05. The number of hydrogen-bond donors (Lipinski definition) is 2. The van der Waals surface area contributed by atoms with Crippen LogP contribution in [0.3, 0.4) is 0 Å². The predicted molar refractivity (Wildman–Crippen MR) is 71.0 cm³/mol. The molecule has 0 aliphatic heterocycles. The number of nitrogen functional groups attached to an aromatic ring is 1. The standard InChI is InChI=1S/C12H15ClF3N3/c1-2-6-19(7-12(14,15)16)9-5-3-4-8(13)10(9)11(17)18/h3-5H,2,6-7H2,1H3,(H3,17,18). The minimum Gasteiger partial charge on any atom is -0.384 e. The van der Waals surface area contributed by atoms with Gasteiger partial charge in [-0.25, -0.2) is 0 Å². The average Bonchev–Trinajstić information content (AvgIpc) is 2.25. The summed E-state index contributed by atoms with van der Waals surface area (Å²) in [6.07, 6.45) is -3.79. The van der Waals surface area contributed by atoms with Crippen LogP contribution in [0.1, 0.15) is 18.9 Å². The van der Waals surface area contributed by atoms with Gasteiger partial charge in [-0.15, -0.1) is 0 Å². The van der Waals surface area contributed by atoms with Crippen LogP contribution in [0.25, 0.3) is 0 Å². The summed E-state index contributed by atoms with van der Waals surface area (Å²) in [4.78, 5) is 1.14. The number of anilines is 1. The number of hydrogen-bond acceptors (Lipinski definition) is 2. The summed E-state index contributed by atoms with van der Waals surface area (Å²) in [7, 11) is 0. The Balaban J connectivity index is 3.22. The number of nitrogens with two attached hydrogens (primary N) is 1. The Hall–Kier alpha value is -1.43. The molecule has 0 aliphatic carbocycles. The van der Waals surface area contributed by atoms with Crippen molar-refractivity contribution < 1.29 is 13.2 Å². The van der Waals surface area contributed by atoms with Crippen LogP contribution in [0.15, 0.2) is 18.2 Å². The van der Waals surface area contributed by atoms with E-state index in [9.17, 15) is 13.2 Å². The van der Waals surface area contributed by atoms with E-state index in [0.717, 1.165) is 4.90 Å². The first kappa shape index (κ1) is 15.6. The molecule has 0 aromatic heterocycles. The molecule has 1 rings (SSSR count). The highest BCUT2D eigenvalue weighted by Gasteiger charge is 2.31. The quantitative estimate of drug-likeness (QED) is 0.646. The third-order valence-electron chi connectivity index (χ3n) is 2.47. The lowest BCUT2D eigenvalue weighted by Crippen LogP contribution is -2.36. The number of halogens is 4. The SMILES string of the molecule is CCCN(CC(F)(F)F)c1cccc(Cl)c1C(=N)N. The van der Waals surface area contributed by atoms with E-state index < -0.39 is 12.7 Å². The Labute approximate surface area is 114 Å². The van der Waals surface area contributed by atoms with Crippen LogP contribution in [0.2, 0.25) is 5.02 Å². The Morgan fingerprint density at radius 1 is 1.42 bits per heavy atom. The van der Waals surface area contributed by atoms with Gasteiger partial charge < -0.3 is 10.6 Å². The van der Waals surface area contributed by atoms with E-state index in [1.807, 2.05) is 0 Å². The Morgan fingerprint density at radius 3 is 2.53 bits per heavy atom. The molecule has 0 heterocycles. The van der Waals surface area contributed by atoms with Gasteiger partial charge in [-0.05, 0) is 18.6 Å². The summed E-state index contributed by atoms with van der Waals surface area (Å²) < 4.78 is 37.8. The summed E-state index contributed by atoms with van der Waals surface area (Å²) >= 11 is 5.91. The normalized spacial score (nSPS) is 11.4. The topological polar surface area (TPSA) is 53.1 Å². The smallest absolute Gasteiger partial charge is 0.384 e. The lowest BCUT2D eigenvalue weighted by Gasteiger charge is -2.27. The zero-order valence-electron chi connectivity index (χ0n) is 10.4. The second kappa shape index (κ2) is 6.14. The second-order valence-electron chi connectivity index (χ2n) is 4.08. The minimum atomic E-state index is -4.33. The molecule has 3 nitrogen and oxygen atoms in total. The summed E-state index contributed by atoms with van der Waals surface area (Å²) in [5, 5.41) is 7.63. The van der Waals surface area contributed by atoms with Gasteiger partial charge in [0.2, 0.25) is 0 Å². The van der Waals surface area contributed by atoms with Crippen molar-refractivity contribution in [3.63, 3.8) is 0 Å². The van der Waals surface area contributed by atoms with E-state index in [1.54, 1.807) is 13.0 Å². The summed E-state index contributed by atoms with van der Waals surface area (Å²) in [6.45, 7) is 0.892. The Morgan fingerprint density at radius 2 is 2.05 bits per heavy atom. The molecule has 0 saturated heterocycles. The highest BCUT2D eigenvalue weighted by atomic mass is 35.5. The van der Waals surface area contributed by atoms with E-state index in [2.05, 4.69) is 0 Å². The number of benzene rings is 1. The lowest BCUT2D eigenvalue weighted by molar-refractivity contribution is -0.119. The van der Waals surface area contributed by atoms with Gasteiger partial charge in [0.1, 0.15) is 12.4 Å². The highest BCUT2D eigenvalue weighted by molar-refractivity contribution is 6.34. The number of nitrogens with zero attached hydrogens (tertiary/aromatic N) is 1. The molecule has 0 fully saturated rings. The Bertz CT molecular complexity index is 460. The fraction of sp³-hybridized carbons (Fsp3) is 0.417. The maximum absolute atomic E-state index is 12.6. The highest BCUT2D eigenvalue weighted by Crippen LogP contribution is 2.29. The van der Waals surface area contributed by atoms with Gasteiger partial charge in [0.25, 0.3) is 0 Å². The monoisotopic (exact) mass is 293 g/mol. The van der Waals surface area contributed by atoms with Gasteiger partial charge in [0.05, 0.1) is 10.6 Å². The number of nitrogens with one attached hydrogen (secondary N) is 1. The largest absolute Gasteiger partial charge is 0.405 e. The summed E-state index contributed by atoms with van der Waals surface area (Å²) in [5.41, 5.74) is 5.78. The van der Waals surface area contributed by atoms with Crippen molar-refractivity contribution in [2.24, 2.45) is 5.73 Å². The molecule has 0 atom stereocenters. The molecule has 0 aliphatic rings.